The van der Waals surface area contributed by atoms with Gasteiger partial charge in [-0.15, -0.1) is 0 Å². The zero-order valence-electron chi connectivity index (χ0n) is 13.9. The number of esters is 1. The quantitative estimate of drug-likeness (QED) is 0.598. The predicted molar refractivity (Wildman–Crippen MR) is 85.8 cm³/mol. The molecule has 0 unspecified atom stereocenters. The third-order valence-corrected chi connectivity index (χ3v) is 3.08. The van der Waals surface area contributed by atoms with E-state index < -0.39 is 24.5 Å². The molecule has 8 nitrogen and oxygen atoms in total. The number of phenols is 1. The average Bonchev–Trinajstić information content (AvgIpc) is 2.57. The molecule has 0 heterocycles. The molecule has 0 saturated carbocycles. The Balaban J connectivity index is 2.49. The minimum atomic E-state index is -0.853. The summed E-state index contributed by atoms with van der Waals surface area (Å²) in [5, 5.41) is 14.8. The maximum absolute atomic E-state index is 11.8. The van der Waals surface area contributed by atoms with Gasteiger partial charge in [0.05, 0.1) is 7.11 Å². The molecule has 24 heavy (non-hydrogen) atoms. The molecule has 0 spiro atoms. The number of rotatable bonds is 8. The summed E-state index contributed by atoms with van der Waals surface area (Å²) in [6.45, 7) is 3.40. The van der Waals surface area contributed by atoms with E-state index in [1.165, 1.54) is 32.2 Å². The summed E-state index contributed by atoms with van der Waals surface area (Å²) in [6.07, 6.45) is 0.787. The topological polar surface area (TPSA) is 114 Å². The van der Waals surface area contributed by atoms with Gasteiger partial charge < -0.3 is 25.2 Å². The number of carbonyl (C=O) groups excluding carboxylic acids is 3. The van der Waals surface area contributed by atoms with Crippen LogP contribution in [0.25, 0.3) is 0 Å². The van der Waals surface area contributed by atoms with Gasteiger partial charge in [0, 0.05) is 12.6 Å². The zero-order chi connectivity index (χ0) is 18.1. The molecule has 0 bridgehead atoms. The lowest BCUT2D eigenvalue weighted by atomic mass is 10.2. The van der Waals surface area contributed by atoms with Crippen molar-refractivity contribution in [3.05, 3.63) is 23.8 Å². The van der Waals surface area contributed by atoms with Crippen molar-refractivity contribution in [3.63, 3.8) is 0 Å². The monoisotopic (exact) mass is 338 g/mol. The van der Waals surface area contributed by atoms with Crippen LogP contribution in [0.15, 0.2) is 18.2 Å². The van der Waals surface area contributed by atoms with Crippen LogP contribution in [0.3, 0.4) is 0 Å². The first kappa shape index (κ1) is 19.3. The number of carbonyl (C=O) groups is 3. The number of nitrogens with one attached hydrogen (secondary N) is 2. The summed E-state index contributed by atoms with van der Waals surface area (Å²) >= 11 is 0. The second-order valence-corrected chi connectivity index (χ2v) is 5.04. The molecule has 0 aliphatic heterocycles. The van der Waals surface area contributed by atoms with E-state index in [0.717, 1.165) is 6.42 Å². The normalized spacial score (nSPS) is 11.3. The van der Waals surface area contributed by atoms with E-state index in [2.05, 4.69) is 10.6 Å². The fourth-order valence-corrected chi connectivity index (χ4v) is 1.77. The molecule has 0 aromatic heterocycles. The Morgan fingerprint density at radius 3 is 2.58 bits per heavy atom. The Kier molecular flexibility index (Phi) is 7.54. The first-order valence-corrected chi connectivity index (χ1v) is 7.50. The van der Waals surface area contributed by atoms with Crippen molar-refractivity contribution >= 4 is 17.8 Å². The second-order valence-electron chi connectivity index (χ2n) is 5.04. The lowest BCUT2D eigenvalue weighted by Crippen LogP contribution is -2.46. The number of amides is 2. The number of hydrogen-bond acceptors (Lipinski definition) is 6. The number of aromatic hydroxyl groups is 1. The number of benzene rings is 1. The largest absolute Gasteiger partial charge is 0.507 e. The fraction of sp³-hybridized carbons (Fsp3) is 0.438. The maximum atomic E-state index is 11.8. The van der Waals surface area contributed by atoms with Gasteiger partial charge in [0.2, 0.25) is 5.91 Å². The van der Waals surface area contributed by atoms with Crippen molar-refractivity contribution in [2.75, 3.05) is 20.3 Å². The van der Waals surface area contributed by atoms with E-state index >= 15 is 0 Å². The van der Waals surface area contributed by atoms with Crippen molar-refractivity contribution in [1.29, 1.82) is 0 Å². The highest BCUT2D eigenvalue weighted by Crippen LogP contribution is 2.23. The van der Waals surface area contributed by atoms with Crippen LogP contribution in [-0.2, 0) is 14.3 Å². The highest BCUT2D eigenvalue weighted by molar-refractivity contribution is 5.94. The van der Waals surface area contributed by atoms with Crippen LogP contribution in [0.2, 0.25) is 0 Å². The van der Waals surface area contributed by atoms with Crippen LogP contribution in [0.5, 0.6) is 11.5 Å². The van der Waals surface area contributed by atoms with Gasteiger partial charge in [0.15, 0.2) is 6.61 Å². The lowest BCUT2D eigenvalue weighted by Gasteiger charge is -2.14. The standard InChI is InChI=1S/C16H22N2O6/c1-4-7-17-15(21)10(2)18-14(20)9-24-16(22)12-6-5-11(23-3)8-13(12)19/h5-6,8,10,19H,4,7,9H2,1-3H3,(H,17,21)(H,18,20)/t10-/m0/s1. The Labute approximate surface area is 140 Å². The molecule has 1 atom stereocenters. The molecule has 3 N–H and O–H groups in total. The minimum Gasteiger partial charge on any atom is -0.507 e. The highest BCUT2D eigenvalue weighted by Gasteiger charge is 2.18. The first-order chi connectivity index (χ1) is 11.4. The Morgan fingerprint density at radius 1 is 1.29 bits per heavy atom. The van der Waals surface area contributed by atoms with E-state index in [1.807, 2.05) is 6.92 Å². The zero-order valence-corrected chi connectivity index (χ0v) is 13.9. The number of hydrogen-bond donors (Lipinski definition) is 3. The maximum Gasteiger partial charge on any atom is 0.342 e. The number of ether oxygens (including phenoxy) is 2. The Morgan fingerprint density at radius 2 is 2.00 bits per heavy atom. The molecule has 0 aliphatic carbocycles. The van der Waals surface area contributed by atoms with E-state index in [1.54, 1.807) is 0 Å². The number of phenolic OH excluding ortho intramolecular Hbond substituents is 1. The molecule has 1 aromatic rings. The molecule has 0 saturated heterocycles. The third-order valence-electron chi connectivity index (χ3n) is 3.08. The summed E-state index contributed by atoms with van der Waals surface area (Å²) in [4.78, 5) is 35.2. The van der Waals surface area contributed by atoms with Gasteiger partial charge in [-0.05, 0) is 25.5 Å². The molecule has 1 rings (SSSR count). The van der Waals surface area contributed by atoms with Crippen molar-refractivity contribution in [2.24, 2.45) is 0 Å². The van der Waals surface area contributed by atoms with Gasteiger partial charge in [0.25, 0.3) is 5.91 Å². The molecule has 0 aliphatic rings. The molecule has 8 heteroatoms. The summed E-state index contributed by atoms with van der Waals surface area (Å²) in [6, 6.07) is 3.33. The second kappa shape index (κ2) is 9.39. The van der Waals surface area contributed by atoms with Gasteiger partial charge >= 0.3 is 5.97 Å². The Bertz CT molecular complexity index is 602. The summed E-state index contributed by atoms with van der Waals surface area (Å²) in [5.41, 5.74) is -0.0858. The van der Waals surface area contributed by atoms with Crippen LogP contribution >= 0.6 is 0 Å². The van der Waals surface area contributed by atoms with E-state index in [0.29, 0.717) is 12.3 Å². The molecule has 0 fully saturated rings. The average molecular weight is 338 g/mol. The fourth-order valence-electron chi connectivity index (χ4n) is 1.77. The lowest BCUT2D eigenvalue weighted by molar-refractivity contribution is -0.130. The van der Waals surface area contributed by atoms with Crippen LogP contribution in [0.1, 0.15) is 30.6 Å². The van der Waals surface area contributed by atoms with E-state index in [9.17, 15) is 19.5 Å². The van der Waals surface area contributed by atoms with Gasteiger partial charge in [-0.3, -0.25) is 9.59 Å². The van der Waals surface area contributed by atoms with Gasteiger partial charge in [-0.1, -0.05) is 6.92 Å². The van der Waals surface area contributed by atoms with Gasteiger partial charge in [-0.2, -0.15) is 0 Å². The minimum absolute atomic E-state index is 0.0858. The SMILES string of the molecule is CCCNC(=O)[C@H](C)NC(=O)COC(=O)c1ccc(OC)cc1O. The summed E-state index contributed by atoms with van der Waals surface area (Å²) < 4.78 is 9.73. The molecular weight excluding hydrogens is 316 g/mol. The molecule has 0 radical (unpaired) electrons. The van der Waals surface area contributed by atoms with Crippen LogP contribution in [0.4, 0.5) is 0 Å². The van der Waals surface area contributed by atoms with Crippen molar-refractivity contribution < 1.29 is 29.0 Å². The highest BCUT2D eigenvalue weighted by atomic mass is 16.5. The molecule has 132 valence electrons. The van der Waals surface area contributed by atoms with Gasteiger partial charge in [-0.25, -0.2) is 4.79 Å². The number of methoxy groups -OCH3 is 1. The molecule has 1 aromatic carbocycles. The smallest absolute Gasteiger partial charge is 0.342 e. The van der Waals surface area contributed by atoms with Crippen LogP contribution in [-0.4, -0.2) is 49.2 Å². The molecule has 2 amide bonds. The molecular formula is C16H22N2O6. The summed E-state index contributed by atoms with van der Waals surface area (Å²) in [5.74, 6) is -1.71. The van der Waals surface area contributed by atoms with Crippen molar-refractivity contribution in [2.45, 2.75) is 26.3 Å². The van der Waals surface area contributed by atoms with Crippen molar-refractivity contribution in [1.82, 2.24) is 10.6 Å². The van der Waals surface area contributed by atoms with Crippen molar-refractivity contribution in [3.8, 4) is 11.5 Å². The predicted octanol–water partition coefficient (Wildman–Crippen LogP) is 0.589. The van der Waals surface area contributed by atoms with E-state index in [4.69, 9.17) is 9.47 Å². The van der Waals surface area contributed by atoms with E-state index in [-0.39, 0.29) is 17.2 Å². The third kappa shape index (κ3) is 5.79. The van der Waals surface area contributed by atoms with Gasteiger partial charge in [0.1, 0.15) is 23.1 Å². The van der Waals surface area contributed by atoms with Crippen LogP contribution < -0.4 is 15.4 Å². The Hall–Kier alpha value is -2.77. The summed E-state index contributed by atoms with van der Waals surface area (Å²) in [7, 11) is 1.43. The van der Waals surface area contributed by atoms with Crippen LogP contribution in [0, 0.1) is 0 Å². The first-order valence-electron chi connectivity index (χ1n) is 7.50.